The molecule has 0 amide bonds. The van der Waals surface area contributed by atoms with Gasteiger partial charge in [0, 0.05) is 12.3 Å². The second-order valence-corrected chi connectivity index (χ2v) is 3.83. The molecule has 17 heavy (non-hydrogen) atoms. The molecular weight excluding hydrogens is 261 g/mol. The highest BCUT2D eigenvalue weighted by atomic mass is 35.5. The molecule has 0 aliphatic heterocycles. The van der Waals surface area contributed by atoms with Crippen molar-refractivity contribution in [1.82, 2.24) is 9.97 Å². The van der Waals surface area contributed by atoms with Gasteiger partial charge in [0.25, 0.3) is 0 Å². The van der Waals surface area contributed by atoms with Gasteiger partial charge in [-0.3, -0.25) is 0 Å². The van der Waals surface area contributed by atoms with Crippen LogP contribution in [0.25, 0.3) is 0 Å². The Bertz CT molecular complexity index is 596. The van der Waals surface area contributed by atoms with Crippen molar-refractivity contribution in [3.8, 4) is 17.8 Å². The largest absolute Gasteiger partial charge is 0.424 e. The molecule has 0 bridgehead atoms. The summed E-state index contributed by atoms with van der Waals surface area (Å²) in [5.41, 5.74) is 0.232. The topological polar surface area (TPSA) is 58.8 Å². The lowest BCUT2D eigenvalue weighted by molar-refractivity contribution is 0.441. The summed E-state index contributed by atoms with van der Waals surface area (Å²) in [7, 11) is 0. The predicted octanol–water partition coefficient (Wildman–Crippen LogP) is 3.45. The Morgan fingerprint density at radius 3 is 2.71 bits per heavy atom. The van der Waals surface area contributed by atoms with Crippen LogP contribution in [0.15, 0.2) is 30.5 Å². The fraction of sp³-hybridized carbons (Fsp3) is 0. The zero-order valence-electron chi connectivity index (χ0n) is 8.39. The molecule has 1 heterocycles. The van der Waals surface area contributed by atoms with E-state index in [0.717, 1.165) is 0 Å². The summed E-state index contributed by atoms with van der Waals surface area (Å²) in [5.74, 6) is 0.453. The van der Waals surface area contributed by atoms with Crippen molar-refractivity contribution >= 4 is 23.2 Å². The van der Waals surface area contributed by atoms with Crippen molar-refractivity contribution in [2.45, 2.75) is 0 Å². The van der Waals surface area contributed by atoms with Crippen LogP contribution < -0.4 is 4.74 Å². The van der Waals surface area contributed by atoms with Gasteiger partial charge in [0.2, 0.25) is 0 Å². The van der Waals surface area contributed by atoms with Gasteiger partial charge in [-0.15, -0.1) is 0 Å². The fourth-order valence-electron chi connectivity index (χ4n) is 1.10. The molecular formula is C11H5Cl2N3O. The maximum Gasteiger partial charge on any atom is 0.323 e. The minimum atomic E-state index is 0.0856. The Hall–Kier alpha value is -1.83. The minimum Gasteiger partial charge on any atom is -0.424 e. The van der Waals surface area contributed by atoms with Crippen LogP contribution in [0.1, 0.15) is 5.69 Å². The van der Waals surface area contributed by atoms with E-state index in [0.29, 0.717) is 15.8 Å². The van der Waals surface area contributed by atoms with Gasteiger partial charge in [0.05, 0.1) is 10.0 Å². The zero-order chi connectivity index (χ0) is 12.3. The molecule has 6 heteroatoms. The van der Waals surface area contributed by atoms with Crippen LogP contribution in [0.4, 0.5) is 0 Å². The number of hydrogen-bond donors (Lipinski definition) is 0. The summed E-state index contributed by atoms with van der Waals surface area (Å²) >= 11 is 11.6. The van der Waals surface area contributed by atoms with E-state index in [1.807, 2.05) is 6.07 Å². The number of aromatic nitrogens is 2. The van der Waals surface area contributed by atoms with Crippen LogP contribution in [0.2, 0.25) is 10.0 Å². The van der Waals surface area contributed by atoms with Crippen molar-refractivity contribution < 1.29 is 4.74 Å². The van der Waals surface area contributed by atoms with E-state index in [2.05, 4.69) is 9.97 Å². The fourth-order valence-corrected chi connectivity index (χ4v) is 1.39. The van der Waals surface area contributed by atoms with Crippen LogP contribution in [-0.2, 0) is 0 Å². The van der Waals surface area contributed by atoms with E-state index in [4.69, 9.17) is 33.2 Å². The number of hydrogen-bond acceptors (Lipinski definition) is 4. The normalized spacial score (nSPS) is 9.71. The van der Waals surface area contributed by atoms with Crippen molar-refractivity contribution in [2.75, 3.05) is 0 Å². The van der Waals surface area contributed by atoms with Gasteiger partial charge >= 0.3 is 6.01 Å². The average Bonchev–Trinajstić information content (AvgIpc) is 2.34. The summed E-state index contributed by atoms with van der Waals surface area (Å²) < 4.78 is 5.34. The summed E-state index contributed by atoms with van der Waals surface area (Å²) in [5, 5.41) is 9.49. The molecule has 1 aromatic carbocycles. The number of halogens is 2. The highest BCUT2D eigenvalue weighted by molar-refractivity contribution is 6.42. The van der Waals surface area contributed by atoms with Crippen LogP contribution in [0.5, 0.6) is 11.8 Å². The Morgan fingerprint density at radius 2 is 2.00 bits per heavy atom. The van der Waals surface area contributed by atoms with Gasteiger partial charge in [-0.1, -0.05) is 23.2 Å². The summed E-state index contributed by atoms with van der Waals surface area (Å²) in [4.78, 5) is 7.74. The molecule has 1 aromatic heterocycles. The SMILES string of the molecule is N#Cc1ccnc(Oc2ccc(Cl)c(Cl)c2)n1. The number of rotatable bonds is 2. The first-order valence-electron chi connectivity index (χ1n) is 4.55. The summed E-state index contributed by atoms with van der Waals surface area (Å²) in [6.07, 6.45) is 1.44. The van der Waals surface area contributed by atoms with E-state index in [9.17, 15) is 0 Å². The third-order valence-electron chi connectivity index (χ3n) is 1.85. The maximum atomic E-state index is 8.67. The monoisotopic (exact) mass is 265 g/mol. The summed E-state index contributed by atoms with van der Waals surface area (Å²) in [6, 6.07) is 8.26. The smallest absolute Gasteiger partial charge is 0.323 e. The zero-order valence-corrected chi connectivity index (χ0v) is 9.90. The van der Waals surface area contributed by atoms with Crippen molar-refractivity contribution in [3.05, 3.63) is 46.2 Å². The van der Waals surface area contributed by atoms with Crippen molar-refractivity contribution in [2.24, 2.45) is 0 Å². The van der Waals surface area contributed by atoms with E-state index in [1.165, 1.54) is 12.3 Å². The number of nitrogens with zero attached hydrogens (tertiary/aromatic N) is 3. The summed E-state index contributed by atoms with van der Waals surface area (Å²) in [6.45, 7) is 0. The van der Waals surface area contributed by atoms with Crippen molar-refractivity contribution in [1.29, 1.82) is 5.26 Å². The van der Waals surface area contributed by atoms with Crippen LogP contribution in [0.3, 0.4) is 0 Å². The van der Waals surface area contributed by atoms with Gasteiger partial charge < -0.3 is 4.74 Å². The number of benzene rings is 1. The quantitative estimate of drug-likeness (QED) is 0.835. The maximum absolute atomic E-state index is 8.67. The Balaban J connectivity index is 2.25. The van der Waals surface area contributed by atoms with Gasteiger partial charge in [0.1, 0.15) is 17.5 Å². The van der Waals surface area contributed by atoms with Gasteiger partial charge in [-0.2, -0.15) is 10.2 Å². The Kier molecular flexibility index (Phi) is 3.43. The standard InChI is InChI=1S/C11H5Cl2N3O/c12-9-2-1-8(5-10(9)13)17-11-15-4-3-7(6-14)16-11/h1-5H. The molecule has 2 rings (SSSR count). The lowest BCUT2D eigenvalue weighted by Crippen LogP contribution is -1.93. The molecule has 84 valence electrons. The molecule has 0 N–H and O–H groups in total. The third-order valence-corrected chi connectivity index (χ3v) is 2.59. The van der Waals surface area contributed by atoms with E-state index in [-0.39, 0.29) is 11.7 Å². The van der Waals surface area contributed by atoms with E-state index >= 15 is 0 Å². The molecule has 2 aromatic rings. The minimum absolute atomic E-state index is 0.0856. The first-order valence-corrected chi connectivity index (χ1v) is 5.30. The van der Waals surface area contributed by atoms with Crippen molar-refractivity contribution in [3.63, 3.8) is 0 Å². The molecule has 4 nitrogen and oxygen atoms in total. The van der Waals surface area contributed by atoms with Crippen LogP contribution >= 0.6 is 23.2 Å². The average molecular weight is 266 g/mol. The highest BCUT2D eigenvalue weighted by Gasteiger charge is 2.04. The number of ether oxygens (including phenoxy) is 1. The molecule has 0 spiro atoms. The van der Waals surface area contributed by atoms with Crippen LogP contribution in [-0.4, -0.2) is 9.97 Å². The second kappa shape index (κ2) is 5.00. The predicted molar refractivity (Wildman–Crippen MR) is 63.3 cm³/mol. The Morgan fingerprint density at radius 1 is 1.18 bits per heavy atom. The lowest BCUT2D eigenvalue weighted by atomic mass is 10.3. The van der Waals surface area contributed by atoms with E-state index < -0.39 is 0 Å². The molecule has 0 fully saturated rings. The molecule has 0 saturated heterocycles. The number of nitriles is 1. The third kappa shape index (κ3) is 2.84. The molecule has 0 aliphatic carbocycles. The van der Waals surface area contributed by atoms with Crippen LogP contribution in [0, 0.1) is 11.3 Å². The van der Waals surface area contributed by atoms with E-state index in [1.54, 1.807) is 18.2 Å². The van der Waals surface area contributed by atoms with Gasteiger partial charge in [-0.25, -0.2) is 4.98 Å². The second-order valence-electron chi connectivity index (χ2n) is 3.01. The molecule has 0 aliphatic rings. The molecule has 0 atom stereocenters. The molecule has 0 unspecified atom stereocenters. The lowest BCUT2D eigenvalue weighted by Gasteiger charge is -2.04. The van der Waals surface area contributed by atoms with Gasteiger partial charge in [-0.05, 0) is 18.2 Å². The first-order chi connectivity index (χ1) is 8.19. The molecule has 0 saturated carbocycles. The first kappa shape index (κ1) is 11.6. The Labute approximate surface area is 107 Å². The molecule has 0 radical (unpaired) electrons. The van der Waals surface area contributed by atoms with Gasteiger partial charge in [0.15, 0.2) is 0 Å². The highest BCUT2D eigenvalue weighted by Crippen LogP contribution is 2.28.